The molecule has 17 heavy (non-hydrogen) atoms. The van der Waals surface area contributed by atoms with E-state index >= 15 is 0 Å². The van der Waals surface area contributed by atoms with Crippen molar-refractivity contribution in [1.29, 1.82) is 0 Å². The zero-order valence-corrected chi connectivity index (χ0v) is 10.5. The van der Waals surface area contributed by atoms with Gasteiger partial charge in [-0.05, 0) is 31.3 Å². The number of carboxylic acids is 1. The van der Waals surface area contributed by atoms with Crippen molar-refractivity contribution >= 4 is 23.7 Å². The fourth-order valence-corrected chi connectivity index (χ4v) is 2.88. The number of aromatic nitrogens is 2. The topological polar surface area (TPSA) is 75.1 Å². The van der Waals surface area contributed by atoms with Crippen LogP contribution in [0.3, 0.4) is 0 Å². The van der Waals surface area contributed by atoms with E-state index in [1.165, 1.54) is 6.20 Å². The molecule has 2 heterocycles. The standard InChI is InChI=1S/C11H15N3O2S/c1-7-9(10(15)16)6-12-11(13-7)14-8-2-4-17-5-3-8/h6,8H,2-5H2,1H3,(H,15,16)(H,12,13,14). The number of hydrogen-bond acceptors (Lipinski definition) is 5. The number of aromatic carboxylic acids is 1. The molecule has 0 saturated carbocycles. The van der Waals surface area contributed by atoms with Gasteiger partial charge < -0.3 is 10.4 Å². The average molecular weight is 253 g/mol. The summed E-state index contributed by atoms with van der Waals surface area (Å²) in [5.41, 5.74) is 0.662. The van der Waals surface area contributed by atoms with Crippen molar-refractivity contribution in [2.24, 2.45) is 0 Å². The number of anilines is 1. The van der Waals surface area contributed by atoms with Gasteiger partial charge in [0, 0.05) is 12.2 Å². The minimum Gasteiger partial charge on any atom is -0.478 e. The van der Waals surface area contributed by atoms with Crippen molar-refractivity contribution in [3.8, 4) is 0 Å². The maximum Gasteiger partial charge on any atom is 0.339 e. The summed E-state index contributed by atoms with van der Waals surface area (Å²) in [5.74, 6) is 1.86. The molecule has 0 aromatic carbocycles. The van der Waals surface area contributed by atoms with Crippen LogP contribution in [-0.2, 0) is 0 Å². The van der Waals surface area contributed by atoms with Gasteiger partial charge in [-0.25, -0.2) is 14.8 Å². The Morgan fingerprint density at radius 1 is 1.53 bits per heavy atom. The van der Waals surface area contributed by atoms with Crippen LogP contribution in [0.25, 0.3) is 0 Å². The van der Waals surface area contributed by atoms with E-state index in [1.807, 2.05) is 11.8 Å². The summed E-state index contributed by atoms with van der Waals surface area (Å²) in [6.45, 7) is 1.69. The lowest BCUT2D eigenvalue weighted by molar-refractivity contribution is 0.0695. The highest BCUT2D eigenvalue weighted by molar-refractivity contribution is 7.99. The van der Waals surface area contributed by atoms with E-state index in [4.69, 9.17) is 5.11 Å². The molecule has 5 nitrogen and oxygen atoms in total. The van der Waals surface area contributed by atoms with Gasteiger partial charge in [0.15, 0.2) is 0 Å². The fraction of sp³-hybridized carbons (Fsp3) is 0.545. The van der Waals surface area contributed by atoms with E-state index in [0.29, 0.717) is 17.7 Å². The van der Waals surface area contributed by atoms with E-state index in [0.717, 1.165) is 24.3 Å². The van der Waals surface area contributed by atoms with Crippen molar-refractivity contribution in [2.75, 3.05) is 16.8 Å². The highest BCUT2D eigenvalue weighted by Crippen LogP contribution is 2.19. The second-order valence-electron chi connectivity index (χ2n) is 4.03. The molecule has 1 fully saturated rings. The first-order chi connectivity index (χ1) is 8.16. The maximum absolute atomic E-state index is 10.8. The summed E-state index contributed by atoms with van der Waals surface area (Å²) >= 11 is 1.96. The SMILES string of the molecule is Cc1nc(NC2CCSCC2)ncc1C(=O)O. The first-order valence-corrected chi connectivity index (χ1v) is 6.73. The molecule has 0 radical (unpaired) electrons. The van der Waals surface area contributed by atoms with Crippen molar-refractivity contribution in [2.45, 2.75) is 25.8 Å². The van der Waals surface area contributed by atoms with Crippen LogP contribution in [0.1, 0.15) is 28.9 Å². The van der Waals surface area contributed by atoms with Crippen molar-refractivity contribution in [3.63, 3.8) is 0 Å². The van der Waals surface area contributed by atoms with Crippen LogP contribution in [-0.4, -0.2) is 38.6 Å². The van der Waals surface area contributed by atoms with Crippen LogP contribution in [0.5, 0.6) is 0 Å². The van der Waals surface area contributed by atoms with Gasteiger partial charge in [0.05, 0.1) is 11.3 Å². The zero-order valence-electron chi connectivity index (χ0n) is 9.64. The van der Waals surface area contributed by atoms with Crippen LogP contribution in [0.2, 0.25) is 0 Å². The van der Waals surface area contributed by atoms with Crippen LogP contribution in [0.4, 0.5) is 5.95 Å². The number of nitrogens with one attached hydrogen (secondary N) is 1. The molecular formula is C11H15N3O2S. The van der Waals surface area contributed by atoms with Gasteiger partial charge in [0.2, 0.25) is 5.95 Å². The minimum absolute atomic E-state index is 0.162. The molecule has 1 aliphatic heterocycles. The van der Waals surface area contributed by atoms with Gasteiger partial charge in [-0.3, -0.25) is 0 Å². The molecule has 0 aliphatic carbocycles. The van der Waals surface area contributed by atoms with Gasteiger partial charge in [-0.1, -0.05) is 0 Å². The van der Waals surface area contributed by atoms with Crippen molar-refractivity contribution < 1.29 is 9.90 Å². The third-order valence-corrected chi connectivity index (χ3v) is 3.81. The number of carboxylic acid groups (broad SMARTS) is 1. The molecule has 0 amide bonds. The van der Waals surface area contributed by atoms with Gasteiger partial charge >= 0.3 is 5.97 Å². The molecule has 6 heteroatoms. The predicted octanol–water partition coefficient (Wildman–Crippen LogP) is 1.79. The Morgan fingerprint density at radius 2 is 2.24 bits per heavy atom. The Morgan fingerprint density at radius 3 is 2.82 bits per heavy atom. The Labute approximate surface area is 104 Å². The monoisotopic (exact) mass is 253 g/mol. The predicted molar refractivity (Wildman–Crippen MR) is 67.7 cm³/mol. The molecule has 0 spiro atoms. The fourth-order valence-electron chi connectivity index (χ4n) is 1.77. The molecule has 2 N–H and O–H groups in total. The lowest BCUT2D eigenvalue weighted by Crippen LogP contribution is -2.25. The van der Waals surface area contributed by atoms with Gasteiger partial charge in [0.25, 0.3) is 0 Å². The number of hydrogen-bond donors (Lipinski definition) is 2. The van der Waals surface area contributed by atoms with E-state index in [1.54, 1.807) is 6.92 Å². The summed E-state index contributed by atoms with van der Waals surface area (Å²) < 4.78 is 0. The second kappa shape index (κ2) is 5.35. The first-order valence-electron chi connectivity index (χ1n) is 5.58. The molecule has 1 aromatic rings. The van der Waals surface area contributed by atoms with E-state index < -0.39 is 5.97 Å². The molecule has 0 atom stereocenters. The minimum atomic E-state index is -0.983. The van der Waals surface area contributed by atoms with Gasteiger partial charge in [-0.15, -0.1) is 0 Å². The lowest BCUT2D eigenvalue weighted by Gasteiger charge is -2.22. The van der Waals surface area contributed by atoms with Gasteiger partial charge in [-0.2, -0.15) is 11.8 Å². The van der Waals surface area contributed by atoms with Crippen LogP contribution in [0.15, 0.2) is 6.20 Å². The Balaban J connectivity index is 2.06. The lowest BCUT2D eigenvalue weighted by atomic mass is 10.1. The van der Waals surface area contributed by atoms with Crippen LogP contribution >= 0.6 is 11.8 Å². The molecule has 0 unspecified atom stereocenters. The quantitative estimate of drug-likeness (QED) is 0.855. The van der Waals surface area contributed by atoms with Crippen LogP contribution in [0, 0.1) is 6.92 Å². The number of nitrogens with zero attached hydrogens (tertiary/aromatic N) is 2. The zero-order chi connectivity index (χ0) is 12.3. The number of carbonyl (C=O) groups is 1. The Bertz CT molecular complexity index is 419. The maximum atomic E-state index is 10.8. The summed E-state index contributed by atoms with van der Waals surface area (Å²) in [6.07, 6.45) is 3.58. The largest absolute Gasteiger partial charge is 0.478 e. The third kappa shape index (κ3) is 3.09. The van der Waals surface area contributed by atoms with Crippen molar-refractivity contribution in [1.82, 2.24) is 9.97 Å². The van der Waals surface area contributed by atoms with Crippen molar-refractivity contribution in [3.05, 3.63) is 17.5 Å². The number of thioether (sulfide) groups is 1. The van der Waals surface area contributed by atoms with E-state index in [2.05, 4.69) is 15.3 Å². The Hall–Kier alpha value is -1.30. The van der Waals surface area contributed by atoms with E-state index in [-0.39, 0.29) is 5.56 Å². The van der Waals surface area contributed by atoms with E-state index in [9.17, 15) is 4.79 Å². The first kappa shape index (κ1) is 12.2. The molecule has 92 valence electrons. The third-order valence-electron chi connectivity index (χ3n) is 2.76. The average Bonchev–Trinajstić information content (AvgIpc) is 2.30. The number of rotatable bonds is 3. The summed E-state index contributed by atoms with van der Waals surface area (Å²) in [7, 11) is 0. The molecular weight excluding hydrogens is 238 g/mol. The molecule has 1 aliphatic rings. The normalized spacial score (nSPS) is 16.8. The van der Waals surface area contributed by atoms with Gasteiger partial charge in [0.1, 0.15) is 0 Å². The molecule has 1 saturated heterocycles. The number of aryl methyl sites for hydroxylation is 1. The summed E-state index contributed by atoms with van der Waals surface area (Å²) in [6, 6.07) is 0.409. The molecule has 2 rings (SSSR count). The molecule has 0 bridgehead atoms. The highest BCUT2D eigenvalue weighted by Gasteiger charge is 2.15. The Kier molecular flexibility index (Phi) is 3.83. The summed E-state index contributed by atoms with van der Waals surface area (Å²) in [5, 5.41) is 12.1. The van der Waals surface area contributed by atoms with Crippen LogP contribution < -0.4 is 5.32 Å². The summed E-state index contributed by atoms with van der Waals surface area (Å²) in [4.78, 5) is 19.0. The second-order valence-corrected chi connectivity index (χ2v) is 5.25. The smallest absolute Gasteiger partial charge is 0.339 e. The molecule has 1 aromatic heterocycles. The highest BCUT2D eigenvalue weighted by atomic mass is 32.2.